The number of benzene rings is 8. The van der Waals surface area contributed by atoms with Gasteiger partial charge in [-0.1, -0.05) is 54.1 Å². The van der Waals surface area contributed by atoms with E-state index in [1.807, 2.05) is 0 Å². The Bertz CT molecular complexity index is 4620. The van der Waals surface area contributed by atoms with Crippen LogP contribution >= 0.6 is 11.6 Å². The smallest absolute Gasteiger partial charge is 0.240 e. The lowest BCUT2D eigenvalue weighted by molar-refractivity contribution is 0.592. The number of anilines is 6. The lowest BCUT2D eigenvalue weighted by atomic mass is 10.2. The van der Waals surface area contributed by atoms with Crippen molar-refractivity contribution in [3.8, 4) is 0 Å². The monoisotopic (exact) mass is 1490 g/mol. The standard InChI is InChI=1S/C8H12N2O2S.C7H10N2O2S.C6H7ClN2O2S.C6H7FN2O2S.C6H9N3O2S.3C6H8N2O2S/c9-6-5-7-1-3-8(4-2-7)13(10,11)12;8-5-6-1-3-7(4-2-6)12(9,10)11;2*7-5-3-4(12(9,10)11)1-2-6(5)8;7-9-5-1-3-6(4-2-5)12(8,10)11;7-5-1-3-6(4-2-5)11(8,9)10;7-5-2-1-3-6(4-5)11(8,9)10;7-5-3-1-2-4-6(5)11(8,9)10/h1-4H,5-6,9H2,(H2,10,11,12);1-4H,5,8H2,(H2,9,10,11);2*1-3H,8H2,(H2,9,10,11);1-4,9H,7H2,(H2,8,10,11);3*1-4H,7H2,(H2,8,9,10). The molecule has 0 fully saturated rings. The Labute approximate surface area is 548 Å². The number of nitrogens with one attached hydrogen (secondary N) is 1. The van der Waals surface area contributed by atoms with Gasteiger partial charge in [0.05, 0.1) is 56.4 Å². The minimum Gasteiger partial charge on any atom is -0.399 e. The van der Waals surface area contributed by atoms with E-state index in [2.05, 4.69) is 5.43 Å². The molecule has 8 aromatic carbocycles. The van der Waals surface area contributed by atoms with Crippen molar-refractivity contribution in [2.24, 2.45) is 58.4 Å². The van der Waals surface area contributed by atoms with E-state index < -0.39 is 86.0 Å². The summed E-state index contributed by atoms with van der Waals surface area (Å²) in [6.45, 7) is 0.944. The molecule has 0 aliphatic rings. The quantitative estimate of drug-likeness (QED) is 0.0421. The van der Waals surface area contributed by atoms with Gasteiger partial charge in [-0.2, -0.15) is 0 Å². The number of primary sulfonamides is 8. The van der Waals surface area contributed by atoms with E-state index in [9.17, 15) is 71.7 Å². The molecule has 43 heteroatoms. The van der Waals surface area contributed by atoms with E-state index in [1.165, 1.54) is 121 Å². The van der Waals surface area contributed by atoms with E-state index in [-0.39, 0.29) is 55.6 Å². The number of hydrazine groups is 1. The molecule has 33 N–H and O–H groups in total. The van der Waals surface area contributed by atoms with Crippen molar-refractivity contribution >= 4 is 126 Å². The topological polar surface area (TPSA) is 701 Å². The molecule has 0 spiro atoms. The number of sulfonamides is 8. The van der Waals surface area contributed by atoms with Crippen LogP contribution in [0.1, 0.15) is 11.1 Å². The van der Waals surface area contributed by atoms with Crippen molar-refractivity contribution in [2.45, 2.75) is 52.1 Å². The van der Waals surface area contributed by atoms with Crippen LogP contribution in [0, 0.1) is 5.82 Å². The van der Waals surface area contributed by atoms with Gasteiger partial charge in [0.2, 0.25) is 80.2 Å². The van der Waals surface area contributed by atoms with Crippen molar-refractivity contribution in [2.75, 3.05) is 40.6 Å². The predicted molar refractivity (Wildman–Crippen MR) is 358 cm³/mol. The summed E-state index contributed by atoms with van der Waals surface area (Å²) in [5.74, 6) is 4.29. The van der Waals surface area contributed by atoms with Gasteiger partial charge in [0.1, 0.15) is 10.7 Å². The van der Waals surface area contributed by atoms with Gasteiger partial charge in [-0.25, -0.2) is 113 Å². The molecular formula is C51H69ClFN17O16S8. The van der Waals surface area contributed by atoms with Crippen molar-refractivity contribution in [3.05, 3.63) is 204 Å². The first-order valence-corrected chi connectivity index (χ1v) is 37.7. The number of nitrogen functional groups attached to an aromatic ring is 6. The third kappa shape index (κ3) is 32.2. The largest absolute Gasteiger partial charge is 0.399 e. The minimum absolute atomic E-state index is 0.0278. The van der Waals surface area contributed by atoms with Crippen molar-refractivity contribution in [1.29, 1.82) is 0 Å². The number of para-hydroxylation sites is 1. The van der Waals surface area contributed by atoms with E-state index in [4.69, 9.17) is 98.7 Å². The average Bonchev–Trinajstić information content (AvgIpc) is 0.940. The van der Waals surface area contributed by atoms with Crippen LogP contribution in [-0.4, -0.2) is 73.9 Å². The molecule has 0 atom stereocenters. The van der Waals surface area contributed by atoms with Crippen LogP contribution in [0.4, 0.5) is 38.5 Å². The summed E-state index contributed by atoms with van der Waals surface area (Å²) in [6, 6.07) is 43.0. The molecule has 0 heterocycles. The SMILES string of the molecule is NCCc1ccc(S(N)(=O)=O)cc1.NCc1ccc(S(N)(=O)=O)cc1.NNc1ccc(S(N)(=O)=O)cc1.Nc1ccc(S(N)(=O)=O)cc1.Nc1ccc(S(N)(=O)=O)cc1Cl.Nc1ccc(S(N)(=O)=O)cc1F.Nc1cccc(S(N)(=O)=O)c1.Nc1ccccc1S(N)(=O)=O. The fraction of sp³-hybridized carbons (Fsp3) is 0.0588. The van der Waals surface area contributed by atoms with E-state index in [0.29, 0.717) is 35.8 Å². The highest BCUT2D eigenvalue weighted by Crippen LogP contribution is 2.22. The van der Waals surface area contributed by atoms with Gasteiger partial charge < -0.3 is 45.6 Å². The highest BCUT2D eigenvalue weighted by molar-refractivity contribution is 7.91. The van der Waals surface area contributed by atoms with Gasteiger partial charge in [0, 0.05) is 23.6 Å². The molecule has 0 aromatic heterocycles. The first-order valence-electron chi connectivity index (χ1n) is 25.0. The second kappa shape index (κ2) is 36.6. The molecule has 33 nitrogen and oxygen atoms in total. The summed E-state index contributed by atoms with van der Waals surface area (Å²) >= 11 is 5.57. The fourth-order valence-electron chi connectivity index (χ4n) is 6.03. The van der Waals surface area contributed by atoms with Gasteiger partial charge in [-0.15, -0.1) is 0 Å². The third-order valence-electron chi connectivity index (χ3n) is 10.7. The molecular weight excluding hydrogens is 1420 g/mol. The molecule has 0 saturated carbocycles. The molecule has 0 radical (unpaired) electrons. The number of rotatable bonds is 12. The van der Waals surface area contributed by atoms with Gasteiger partial charge in [-0.3, -0.25) is 5.84 Å². The molecule has 0 aliphatic carbocycles. The summed E-state index contributed by atoms with van der Waals surface area (Å²) in [4.78, 5) is 0.0783. The fourth-order valence-corrected chi connectivity index (χ4v) is 10.6. The second-order valence-corrected chi connectivity index (χ2v) is 31.0. The Morgan fingerprint density at radius 3 is 1.01 bits per heavy atom. The van der Waals surface area contributed by atoms with Crippen LogP contribution in [0.15, 0.2) is 221 Å². The zero-order chi connectivity index (χ0) is 72.4. The van der Waals surface area contributed by atoms with Crippen LogP contribution in [0.3, 0.4) is 0 Å². The Morgan fingerprint density at radius 1 is 0.340 bits per heavy atom. The van der Waals surface area contributed by atoms with Crippen LogP contribution in [-0.2, 0) is 93.2 Å². The molecule has 0 saturated heterocycles. The maximum atomic E-state index is 12.7. The van der Waals surface area contributed by atoms with Crippen LogP contribution in [0.25, 0.3) is 0 Å². The molecule has 0 bridgehead atoms. The Kier molecular flexibility index (Phi) is 32.7. The predicted octanol–water partition coefficient (Wildman–Crippen LogP) is -0.379. The molecule has 8 rings (SSSR count). The van der Waals surface area contributed by atoms with Gasteiger partial charge in [0.25, 0.3) is 0 Å². The van der Waals surface area contributed by atoms with Crippen LogP contribution in [0.5, 0.6) is 0 Å². The first kappa shape index (κ1) is 84.0. The molecule has 0 unspecified atom stereocenters. The summed E-state index contributed by atoms with van der Waals surface area (Å²) in [7, 11) is -29.1. The van der Waals surface area contributed by atoms with Crippen molar-refractivity contribution in [3.63, 3.8) is 0 Å². The van der Waals surface area contributed by atoms with Crippen molar-refractivity contribution < 1.29 is 71.7 Å². The highest BCUT2D eigenvalue weighted by atomic mass is 35.5. The van der Waals surface area contributed by atoms with E-state index >= 15 is 0 Å². The Balaban J connectivity index is 0.000000537. The molecule has 0 amide bonds. The Morgan fingerprint density at radius 2 is 0.691 bits per heavy atom. The summed E-state index contributed by atoms with van der Waals surface area (Å²) < 4.78 is 185. The zero-order valence-corrected chi connectivity index (χ0v) is 56.0. The van der Waals surface area contributed by atoms with E-state index in [0.717, 1.165) is 35.7 Å². The molecule has 94 heavy (non-hydrogen) atoms. The average molecular weight is 1490 g/mol. The number of halogens is 2. The lowest BCUT2D eigenvalue weighted by Crippen LogP contribution is -2.13. The lowest BCUT2D eigenvalue weighted by Gasteiger charge is -2.00. The number of hydrogen-bond acceptors (Lipinski definition) is 25. The zero-order valence-electron chi connectivity index (χ0n) is 48.7. The normalized spacial score (nSPS) is 11.4. The minimum atomic E-state index is -3.84. The van der Waals surface area contributed by atoms with Gasteiger partial charge >= 0.3 is 0 Å². The number of nitrogens with two attached hydrogens (primary N) is 16. The van der Waals surface area contributed by atoms with Gasteiger partial charge in [-0.05, 0) is 164 Å². The maximum Gasteiger partial charge on any atom is 0.240 e. The second-order valence-electron chi connectivity index (χ2n) is 18.1. The summed E-state index contributed by atoms with van der Waals surface area (Å²) in [5.41, 5.74) is 43.3. The number of hydrogen-bond donors (Lipinski definition) is 17. The maximum absolute atomic E-state index is 12.7. The van der Waals surface area contributed by atoms with Gasteiger partial charge in [0.15, 0.2) is 0 Å². The van der Waals surface area contributed by atoms with Crippen molar-refractivity contribution in [1.82, 2.24) is 0 Å². The van der Waals surface area contributed by atoms with Crippen LogP contribution in [0.2, 0.25) is 5.02 Å². The molecule has 0 aliphatic heterocycles. The Hall–Kier alpha value is -8.06. The third-order valence-corrected chi connectivity index (χ3v) is 18.5. The molecule has 516 valence electrons. The summed E-state index contributed by atoms with van der Waals surface area (Å²) in [5, 5.41) is 39.0. The first-order chi connectivity index (χ1) is 42.9. The highest BCUT2D eigenvalue weighted by Gasteiger charge is 2.13. The summed E-state index contributed by atoms with van der Waals surface area (Å²) in [6.07, 6.45) is 0.741. The van der Waals surface area contributed by atoms with Crippen LogP contribution < -0.4 is 92.5 Å². The molecule has 8 aromatic rings. The van der Waals surface area contributed by atoms with E-state index in [1.54, 1.807) is 42.5 Å².